The first-order valence-electron chi connectivity index (χ1n) is 7.19. The lowest BCUT2D eigenvalue weighted by atomic mass is 9.78. The highest BCUT2D eigenvalue weighted by atomic mass is 15.1. The molecule has 1 heterocycles. The molecule has 1 aromatic carbocycles. The fraction of sp³-hybridized carbons (Fsp3) is 0.625. The molecule has 1 saturated heterocycles. The number of rotatable bonds is 4. The second kappa shape index (κ2) is 5.75. The molecule has 0 radical (unpaired) electrons. The number of nitrogen functional groups attached to an aromatic ring is 1. The number of hydrogen-bond donors (Lipinski definition) is 1. The summed E-state index contributed by atoms with van der Waals surface area (Å²) in [5.74, 6) is 0. The fourth-order valence-corrected chi connectivity index (χ4v) is 2.71. The van der Waals surface area contributed by atoms with E-state index in [0.29, 0.717) is 5.41 Å². The standard InChI is InChI=1S/C16H26N2/c1-3-16(2)9-12-18(13-10-16)11-8-14-6-4-5-7-15(14)17/h4-7H,3,8-13,17H2,1-2H3. The molecular weight excluding hydrogens is 220 g/mol. The molecule has 0 bridgehead atoms. The first kappa shape index (κ1) is 13.4. The van der Waals surface area contributed by atoms with Crippen LogP contribution in [-0.4, -0.2) is 24.5 Å². The van der Waals surface area contributed by atoms with Crippen LogP contribution in [0.3, 0.4) is 0 Å². The summed E-state index contributed by atoms with van der Waals surface area (Å²) < 4.78 is 0. The average molecular weight is 246 g/mol. The molecule has 2 heteroatoms. The SMILES string of the molecule is CCC1(C)CCN(CCc2ccccc2N)CC1. The maximum Gasteiger partial charge on any atom is 0.0347 e. The normalized spacial score (nSPS) is 19.9. The molecule has 0 atom stereocenters. The Morgan fingerprint density at radius 3 is 2.50 bits per heavy atom. The Morgan fingerprint density at radius 2 is 1.89 bits per heavy atom. The number of hydrogen-bond acceptors (Lipinski definition) is 2. The third kappa shape index (κ3) is 3.26. The molecule has 1 aliphatic rings. The minimum atomic E-state index is 0.586. The Hall–Kier alpha value is -1.02. The second-order valence-electron chi connectivity index (χ2n) is 5.95. The summed E-state index contributed by atoms with van der Waals surface area (Å²) in [6.07, 6.45) is 5.07. The van der Waals surface area contributed by atoms with E-state index in [-0.39, 0.29) is 0 Å². The van der Waals surface area contributed by atoms with Gasteiger partial charge in [-0.15, -0.1) is 0 Å². The van der Waals surface area contributed by atoms with Gasteiger partial charge in [-0.25, -0.2) is 0 Å². The number of para-hydroxylation sites is 1. The van der Waals surface area contributed by atoms with Crippen molar-refractivity contribution in [2.45, 2.75) is 39.5 Å². The number of nitrogens with zero attached hydrogens (tertiary/aromatic N) is 1. The van der Waals surface area contributed by atoms with Gasteiger partial charge in [0.05, 0.1) is 0 Å². The highest BCUT2D eigenvalue weighted by Gasteiger charge is 2.27. The summed E-state index contributed by atoms with van der Waals surface area (Å²) in [5.41, 5.74) is 8.80. The van der Waals surface area contributed by atoms with Crippen molar-refractivity contribution in [2.24, 2.45) is 5.41 Å². The molecule has 2 rings (SSSR count). The molecule has 1 aromatic rings. The average Bonchev–Trinajstić information content (AvgIpc) is 2.40. The van der Waals surface area contributed by atoms with E-state index in [4.69, 9.17) is 5.73 Å². The van der Waals surface area contributed by atoms with E-state index in [1.165, 1.54) is 37.9 Å². The molecule has 0 amide bonds. The van der Waals surface area contributed by atoms with Crippen molar-refractivity contribution in [3.05, 3.63) is 29.8 Å². The molecule has 0 unspecified atom stereocenters. The Kier molecular flexibility index (Phi) is 4.28. The van der Waals surface area contributed by atoms with Gasteiger partial charge in [0.25, 0.3) is 0 Å². The van der Waals surface area contributed by atoms with Gasteiger partial charge in [0.1, 0.15) is 0 Å². The lowest BCUT2D eigenvalue weighted by Crippen LogP contribution is -2.39. The molecule has 2 nitrogen and oxygen atoms in total. The van der Waals surface area contributed by atoms with Crippen LogP contribution in [-0.2, 0) is 6.42 Å². The van der Waals surface area contributed by atoms with E-state index >= 15 is 0 Å². The highest BCUT2D eigenvalue weighted by molar-refractivity contribution is 5.46. The lowest BCUT2D eigenvalue weighted by molar-refractivity contribution is 0.116. The van der Waals surface area contributed by atoms with E-state index in [2.05, 4.69) is 30.9 Å². The molecule has 100 valence electrons. The van der Waals surface area contributed by atoms with Crippen molar-refractivity contribution in [1.82, 2.24) is 4.90 Å². The molecule has 0 spiro atoms. The summed E-state index contributed by atoms with van der Waals surface area (Å²) >= 11 is 0. The van der Waals surface area contributed by atoms with E-state index in [9.17, 15) is 0 Å². The predicted octanol–water partition coefficient (Wildman–Crippen LogP) is 3.32. The topological polar surface area (TPSA) is 29.3 Å². The number of benzene rings is 1. The van der Waals surface area contributed by atoms with Crippen molar-refractivity contribution in [3.8, 4) is 0 Å². The van der Waals surface area contributed by atoms with Crippen LogP contribution in [0.5, 0.6) is 0 Å². The number of nitrogens with two attached hydrogens (primary N) is 1. The number of piperidine rings is 1. The minimum absolute atomic E-state index is 0.586. The quantitative estimate of drug-likeness (QED) is 0.826. The molecule has 2 N–H and O–H groups in total. The number of anilines is 1. The maximum absolute atomic E-state index is 5.98. The van der Waals surface area contributed by atoms with Crippen LogP contribution in [0.15, 0.2) is 24.3 Å². The van der Waals surface area contributed by atoms with Crippen molar-refractivity contribution >= 4 is 5.69 Å². The summed E-state index contributed by atoms with van der Waals surface area (Å²) in [6.45, 7) is 8.39. The van der Waals surface area contributed by atoms with Crippen molar-refractivity contribution in [3.63, 3.8) is 0 Å². The third-order valence-corrected chi connectivity index (χ3v) is 4.67. The molecule has 0 aliphatic carbocycles. The Morgan fingerprint density at radius 1 is 1.22 bits per heavy atom. The zero-order chi connectivity index (χ0) is 13.0. The van der Waals surface area contributed by atoms with E-state index in [1.807, 2.05) is 12.1 Å². The van der Waals surface area contributed by atoms with Gasteiger partial charge in [0, 0.05) is 12.2 Å². The van der Waals surface area contributed by atoms with E-state index < -0.39 is 0 Å². The van der Waals surface area contributed by atoms with Crippen LogP contribution >= 0.6 is 0 Å². The van der Waals surface area contributed by atoms with Crippen LogP contribution in [0, 0.1) is 5.41 Å². The van der Waals surface area contributed by atoms with E-state index in [1.54, 1.807) is 0 Å². The summed E-state index contributed by atoms with van der Waals surface area (Å²) in [5, 5.41) is 0. The van der Waals surface area contributed by atoms with Gasteiger partial charge in [-0.05, 0) is 49.4 Å². The summed E-state index contributed by atoms with van der Waals surface area (Å²) in [7, 11) is 0. The highest BCUT2D eigenvalue weighted by Crippen LogP contribution is 2.33. The second-order valence-corrected chi connectivity index (χ2v) is 5.95. The van der Waals surface area contributed by atoms with Crippen molar-refractivity contribution < 1.29 is 0 Å². The van der Waals surface area contributed by atoms with Gasteiger partial charge in [0.2, 0.25) is 0 Å². The van der Waals surface area contributed by atoms with E-state index in [0.717, 1.165) is 18.7 Å². The first-order valence-corrected chi connectivity index (χ1v) is 7.19. The maximum atomic E-state index is 5.98. The Labute approximate surface area is 111 Å². The summed E-state index contributed by atoms with van der Waals surface area (Å²) in [6, 6.07) is 8.23. The molecule has 18 heavy (non-hydrogen) atoms. The molecule has 1 fully saturated rings. The van der Waals surface area contributed by atoms with Gasteiger partial charge < -0.3 is 10.6 Å². The monoisotopic (exact) mass is 246 g/mol. The smallest absolute Gasteiger partial charge is 0.0347 e. The molecular formula is C16H26N2. The van der Waals surface area contributed by atoms with Crippen LogP contribution in [0.25, 0.3) is 0 Å². The first-order chi connectivity index (χ1) is 8.63. The zero-order valence-corrected chi connectivity index (χ0v) is 11.8. The fourth-order valence-electron chi connectivity index (χ4n) is 2.71. The Balaban J connectivity index is 1.81. The van der Waals surface area contributed by atoms with Crippen LogP contribution in [0.1, 0.15) is 38.7 Å². The van der Waals surface area contributed by atoms with Crippen molar-refractivity contribution in [1.29, 1.82) is 0 Å². The third-order valence-electron chi connectivity index (χ3n) is 4.67. The van der Waals surface area contributed by atoms with Gasteiger partial charge >= 0.3 is 0 Å². The molecule has 0 saturated carbocycles. The van der Waals surface area contributed by atoms with Crippen LogP contribution < -0.4 is 5.73 Å². The molecule has 1 aliphatic heterocycles. The van der Waals surface area contributed by atoms with Gasteiger partial charge in [-0.2, -0.15) is 0 Å². The Bertz CT molecular complexity index is 378. The van der Waals surface area contributed by atoms with Crippen LogP contribution in [0.2, 0.25) is 0 Å². The van der Waals surface area contributed by atoms with Crippen LogP contribution in [0.4, 0.5) is 5.69 Å². The largest absolute Gasteiger partial charge is 0.399 e. The predicted molar refractivity (Wildman–Crippen MR) is 78.6 cm³/mol. The van der Waals surface area contributed by atoms with Crippen molar-refractivity contribution in [2.75, 3.05) is 25.4 Å². The molecule has 0 aromatic heterocycles. The van der Waals surface area contributed by atoms with Gasteiger partial charge in [-0.3, -0.25) is 0 Å². The summed E-state index contributed by atoms with van der Waals surface area (Å²) in [4.78, 5) is 2.59. The zero-order valence-electron chi connectivity index (χ0n) is 11.8. The number of likely N-dealkylation sites (tertiary alicyclic amines) is 1. The van der Waals surface area contributed by atoms with Gasteiger partial charge in [0.15, 0.2) is 0 Å². The minimum Gasteiger partial charge on any atom is -0.399 e. The van der Waals surface area contributed by atoms with Gasteiger partial charge in [-0.1, -0.05) is 38.5 Å². The lowest BCUT2D eigenvalue weighted by Gasteiger charge is -2.39.